The molecule has 0 saturated carbocycles. The molecule has 1 rings (SSSR count). The number of nitrogens with two attached hydrogens (primary N) is 1. The maximum Gasteiger partial charge on any atom is 0.123 e. The Morgan fingerprint density at radius 2 is 1.93 bits per heavy atom. The van der Waals surface area contributed by atoms with Crippen LogP contribution in [0.3, 0.4) is 0 Å². The number of hydrogen-bond acceptors (Lipinski definition) is 3. The van der Waals surface area contributed by atoms with E-state index in [-0.39, 0.29) is 11.9 Å². The van der Waals surface area contributed by atoms with Crippen LogP contribution in [0.1, 0.15) is 6.92 Å². The van der Waals surface area contributed by atoms with Crippen LogP contribution in [0, 0.1) is 5.82 Å². The molecule has 1 unspecified atom stereocenters. The van der Waals surface area contributed by atoms with Crippen LogP contribution in [0.25, 0.3) is 0 Å². The quantitative estimate of drug-likeness (QED) is 0.616. The van der Waals surface area contributed by atoms with Crippen molar-refractivity contribution in [2.45, 2.75) is 17.9 Å². The smallest absolute Gasteiger partial charge is 0.123 e. The van der Waals surface area contributed by atoms with Gasteiger partial charge in [0.15, 0.2) is 0 Å². The maximum atomic E-state index is 12.6. The number of halogens is 1. The molecule has 15 heavy (non-hydrogen) atoms. The van der Waals surface area contributed by atoms with Crippen molar-refractivity contribution in [3.63, 3.8) is 0 Å². The molecule has 1 aromatic rings. The number of thioether (sulfide) groups is 2. The van der Waals surface area contributed by atoms with E-state index >= 15 is 0 Å². The van der Waals surface area contributed by atoms with Crippen molar-refractivity contribution in [1.82, 2.24) is 0 Å². The zero-order valence-electron chi connectivity index (χ0n) is 8.78. The second-order valence-electron chi connectivity index (χ2n) is 3.35. The average molecular weight is 245 g/mol. The van der Waals surface area contributed by atoms with Crippen LogP contribution >= 0.6 is 23.5 Å². The summed E-state index contributed by atoms with van der Waals surface area (Å²) in [5, 5.41) is 0. The third kappa shape index (κ3) is 6.07. The fourth-order valence-corrected chi connectivity index (χ4v) is 2.93. The van der Waals surface area contributed by atoms with E-state index < -0.39 is 0 Å². The van der Waals surface area contributed by atoms with E-state index in [1.807, 2.05) is 30.8 Å². The summed E-state index contributed by atoms with van der Waals surface area (Å²) in [6.07, 6.45) is 0. The molecule has 0 aromatic heterocycles. The summed E-state index contributed by atoms with van der Waals surface area (Å²) >= 11 is 3.62. The highest BCUT2D eigenvalue weighted by Gasteiger charge is 1.97. The molecule has 0 aliphatic rings. The Balaban J connectivity index is 2.12. The Morgan fingerprint density at radius 1 is 1.27 bits per heavy atom. The van der Waals surface area contributed by atoms with Crippen molar-refractivity contribution in [3.8, 4) is 0 Å². The largest absolute Gasteiger partial charge is 0.327 e. The Kier molecular flexibility index (Phi) is 6.13. The lowest BCUT2D eigenvalue weighted by molar-refractivity contribution is 0.626. The first kappa shape index (κ1) is 12.9. The molecule has 0 radical (unpaired) electrons. The lowest BCUT2D eigenvalue weighted by Crippen LogP contribution is -2.17. The van der Waals surface area contributed by atoms with Crippen LogP contribution in [0.15, 0.2) is 29.2 Å². The van der Waals surface area contributed by atoms with Crippen molar-refractivity contribution in [3.05, 3.63) is 30.1 Å². The van der Waals surface area contributed by atoms with Crippen molar-refractivity contribution < 1.29 is 4.39 Å². The SMILES string of the molecule is CC(N)CSCCSc1ccc(F)cc1. The van der Waals surface area contributed by atoms with E-state index in [4.69, 9.17) is 5.73 Å². The molecule has 0 aliphatic carbocycles. The van der Waals surface area contributed by atoms with Crippen LogP contribution in [-0.2, 0) is 0 Å². The third-order valence-electron chi connectivity index (χ3n) is 1.69. The maximum absolute atomic E-state index is 12.6. The molecular weight excluding hydrogens is 229 g/mol. The van der Waals surface area contributed by atoms with Gasteiger partial charge < -0.3 is 5.73 Å². The van der Waals surface area contributed by atoms with E-state index in [1.54, 1.807) is 11.8 Å². The summed E-state index contributed by atoms with van der Waals surface area (Å²) in [4.78, 5) is 1.12. The summed E-state index contributed by atoms with van der Waals surface area (Å²) in [6.45, 7) is 2.01. The average Bonchev–Trinajstić information content (AvgIpc) is 2.20. The molecule has 0 bridgehead atoms. The first-order valence-electron chi connectivity index (χ1n) is 4.90. The molecule has 1 nitrogen and oxygen atoms in total. The molecule has 84 valence electrons. The molecule has 0 spiro atoms. The first-order valence-corrected chi connectivity index (χ1v) is 7.04. The summed E-state index contributed by atoms with van der Waals surface area (Å²) in [5.74, 6) is 2.96. The molecule has 0 fully saturated rings. The van der Waals surface area contributed by atoms with Gasteiger partial charge in [0, 0.05) is 28.2 Å². The normalized spacial score (nSPS) is 12.7. The molecule has 1 atom stereocenters. The molecular formula is C11H16FNS2. The van der Waals surface area contributed by atoms with Crippen LogP contribution < -0.4 is 5.73 Å². The molecule has 0 heterocycles. The van der Waals surface area contributed by atoms with Gasteiger partial charge in [-0.3, -0.25) is 0 Å². The van der Waals surface area contributed by atoms with E-state index in [0.29, 0.717) is 0 Å². The van der Waals surface area contributed by atoms with Gasteiger partial charge in [-0.1, -0.05) is 0 Å². The van der Waals surface area contributed by atoms with E-state index in [1.165, 1.54) is 12.1 Å². The van der Waals surface area contributed by atoms with Gasteiger partial charge >= 0.3 is 0 Å². The predicted molar refractivity (Wildman–Crippen MR) is 68.1 cm³/mol. The Bertz CT molecular complexity index is 274. The van der Waals surface area contributed by atoms with Crippen LogP contribution in [0.2, 0.25) is 0 Å². The molecule has 1 aromatic carbocycles. The first-order chi connectivity index (χ1) is 7.18. The molecule has 4 heteroatoms. The minimum atomic E-state index is -0.175. The van der Waals surface area contributed by atoms with Crippen molar-refractivity contribution >= 4 is 23.5 Å². The van der Waals surface area contributed by atoms with Crippen molar-refractivity contribution in [1.29, 1.82) is 0 Å². The second-order valence-corrected chi connectivity index (χ2v) is 5.67. The highest BCUT2D eigenvalue weighted by atomic mass is 32.2. The minimum Gasteiger partial charge on any atom is -0.327 e. The van der Waals surface area contributed by atoms with Crippen LogP contribution in [0.4, 0.5) is 4.39 Å². The molecule has 0 aliphatic heterocycles. The van der Waals surface area contributed by atoms with E-state index in [0.717, 1.165) is 22.2 Å². The van der Waals surface area contributed by atoms with Gasteiger partial charge in [0.1, 0.15) is 5.82 Å². The van der Waals surface area contributed by atoms with Crippen molar-refractivity contribution in [2.24, 2.45) is 5.73 Å². The fraction of sp³-hybridized carbons (Fsp3) is 0.455. The summed E-state index contributed by atoms with van der Waals surface area (Å²) in [6, 6.07) is 6.90. The Morgan fingerprint density at radius 3 is 2.53 bits per heavy atom. The van der Waals surface area contributed by atoms with E-state index in [2.05, 4.69) is 0 Å². The third-order valence-corrected chi connectivity index (χ3v) is 4.22. The van der Waals surface area contributed by atoms with E-state index in [9.17, 15) is 4.39 Å². The van der Waals surface area contributed by atoms with Gasteiger partial charge in [0.25, 0.3) is 0 Å². The number of rotatable bonds is 6. The highest BCUT2D eigenvalue weighted by Crippen LogP contribution is 2.19. The molecule has 0 amide bonds. The standard InChI is InChI=1S/C11H16FNS2/c1-9(13)8-14-6-7-15-11-4-2-10(12)3-5-11/h2-5,9H,6-8,13H2,1H3. The second kappa shape index (κ2) is 7.14. The Hall–Kier alpha value is -0.190. The molecule has 2 N–H and O–H groups in total. The van der Waals surface area contributed by atoms with Gasteiger partial charge in [0.2, 0.25) is 0 Å². The van der Waals surface area contributed by atoms with Gasteiger partial charge in [-0.25, -0.2) is 4.39 Å². The van der Waals surface area contributed by atoms with Gasteiger partial charge in [-0.2, -0.15) is 11.8 Å². The summed E-state index contributed by atoms with van der Waals surface area (Å²) in [5.41, 5.74) is 5.63. The monoisotopic (exact) mass is 245 g/mol. The molecule has 0 saturated heterocycles. The van der Waals surface area contributed by atoms with Crippen molar-refractivity contribution in [2.75, 3.05) is 17.3 Å². The number of hydrogen-bond donors (Lipinski definition) is 1. The minimum absolute atomic E-state index is 0.175. The Labute approximate surface area is 99.0 Å². The number of benzene rings is 1. The zero-order chi connectivity index (χ0) is 11.1. The zero-order valence-corrected chi connectivity index (χ0v) is 10.4. The fourth-order valence-electron chi connectivity index (χ4n) is 1.02. The topological polar surface area (TPSA) is 26.0 Å². The lowest BCUT2D eigenvalue weighted by atomic mass is 10.4. The highest BCUT2D eigenvalue weighted by molar-refractivity contribution is 8.03. The van der Waals surface area contributed by atoms with Gasteiger partial charge in [-0.05, 0) is 31.2 Å². The summed E-state index contributed by atoms with van der Waals surface area (Å²) in [7, 11) is 0. The van der Waals surface area contributed by atoms with Crippen LogP contribution in [-0.4, -0.2) is 23.3 Å². The predicted octanol–water partition coefficient (Wildman–Crippen LogP) is 3.00. The van der Waals surface area contributed by atoms with Gasteiger partial charge in [0.05, 0.1) is 0 Å². The van der Waals surface area contributed by atoms with Crippen LogP contribution in [0.5, 0.6) is 0 Å². The van der Waals surface area contributed by atoms with Gasteiger partial charge in [-0.15, -0.1) is 11.8 Å². The summed E-state index contributed by atoms with van der Waals surface area (Å²) < 4.78 is 12.6. The lowest BCUT2D eigenvalue weighted by Gasteiger charge is -2.04.